The number of fused-ring (bicyclic) bond motifs is 1. The van der Waals surface area contributed by atoms with E-state index in [1.807, 2.05) is 0 Å². The number of halogens is 2. The molecule has 0 amide bonds. The maximum atomic E-state index is 13.2. The third kappa shape index (κ3) is 3.65. The Balaban J connectivity index is 2.14. The van der Waals surface area contributed by atoms with Crippen molar-refractivity contribution >= 4 is 60.5 Å². The molecule has 3 N–H and O–H groups in total. The molecule has 172 valence electrons. The fourth-order valence-electron chi connectivity index (χ4n) is 3.95. The molecule has 0 bridgehead atoms. The lowest BCUT2D eigenvalue weighted by Gasteiger charge is -2.36. The first-order valence-corrected chi connectivity index (χ1v) is 11.4. The molecule has 3 aromatic rings. The molecular weight excluding hydrogens is 570 g/mol. The highest BCUT2D eigenvalue weighted by Crippen LogP contribution is 2.48. The van der Waals surface area contributed by atoms with E-state index in [-0.39, 0.29) is 22.7 Å². The van der Waals surface area contributed by atoms with Crippen LogP contribution in [0.25, 0.3) is 11.0 Å². The lowest BCUT2D eigenvalue weighted by Crippen LogP contribution is -2.41. The number of allylic oxidation sites excluding steroid dienone is 1. The van der Waals surface area contributed by atoms with Crippen LogP contribution in [0.5, 0.6) is 0 Å². The maximum absolute atomic E-state index is 13.2. The number of nitrogens with two attached hydrogens (primary N) is 1. The number of hydrogen-bond acceptors (Lipinski definition) is 8. The monoisotopic (exact) mass is 585 g/mol. The summed E-state index contributed by atoms with van der Waals surface area (Å²) in [6, 6.07) is 12.7. The fourth-order valence-corrected chi connectivity index (χ4v) is 5.53. The van der Waals surface area contributed by atoms with E-state index < -0.39 is 17.9 Å². The van der Waals surface area contributed by atoms with E-state index in [1.165, 1.54) is 25.4 Å². The summed E-state index contributed by atoms with van der Waals surface area (Å²) in [7, 11) is 2.40. The Kier molecular flexibility index (Phi) is 6.45. The van der Waals surface area contributed by atoms with Crippen LogP contribution >= 0.6 is 31.9 Å². The van der Waals surface area contributed by atoms with E-state index in [0.717, 1.165) is 0 Å². The molecule has 2 aromatic carbocycles. The van der Waals surface area contributed by atoms with E-state index >= 15 is 0 Å². The van der Waals surface area contributed by atoms with Crippen molar-refractivity contribution in [2.45, 2.75) is 5.92 Å². The molecule has 0 spiro atoms. The minimum atomic E-state index is -0.948. The normalized spacial score (nSPS) is 16.0. The summed E-state index contributed by atoms with van der Waals surface area (Å²) < 4.78 is 11.1. The number of nitriles is 1. The third-order valence-electron chi connectivity index (χ3n) is 5.42. The Morgan fingerprint density at radius 1 is 1.18 bits per heavy atom. The number of imidazole rings is 1. The topological polar surface area (TPSA) is 134 Å². The number of nitrogens with one attached hydrogen (secondary N) is 1. The smallest absolute Gasteiger partial charge is 0.355 e. The van der Waals surface area contributed by atoms with Gasteiger partial charge >= 0.3 is 11.9 Å². The Labute approximate surface area is 211 Å². The van der Waals surface area contributed by atoms with E-state index in [0.29, 0.717) is 31.2 Å². The minimum Gasteiger partial charge on any atom is -0.466 e. The first kappa shape index (κ1) is 23.5. The van der Waals surface area contributed by atoms with Crippen LogP contribution in [0.2, 0.25) is 0 Å². The highest BCUT2D eigenvalue weighted by molar-refractivity contribution is 9.11. The van der Waals surface area contributed by atoms with Gasteiger partial charge < -0.3 is 20.2 Å². The standard InChI is InChI=1S/C23H17Br2N5O4/c1-33-22(31)16-15(11-6-4-3-5-7-11)12(9-26)21(27)30(20(16)23(32)34-2)19-13(24)8-14-18(17(19)25)29-10-28-14/h3-8,10,15H,27H2,1-2H3,(H,28,29). The second-order valence-electron chi connectivity index (χ2n) is 7.15. The van der Waals surface area contributed by atoms with E-state index in [4.69, 9.17) is 15.2 Å². The van der Waals surface area contributed by atoms with Gasteiger partial charge in [-0.1, -0.05) is 30.3 Å². The summed E-state index contributed by atoms with van der Waals surface area (Å²) in [5.41, 5.74) is 8.59. The molecule has 9 nitrogen and oxygen atoms in total. The van der Waals surface area contributed by atoms with Crippen LogP contribution in [0, 0.1) is 11.3 Å². The number of aromatic amines is 1. The zero-order valence-corrected chi connectivity index (χ0v) is 21.1. The molecule has 0 saturated heterocycles. The van der Waals surface area contributed by atoms with Crippen molar-refractivity contribution in [1.82, 2.24) is 9.97 Å². The number of ether oxygens (including phenoxy) is 2. The Bertz CT molecular complexity index is 1420. The first-order valence-electron chi connectivity index (χ1n) is 9.82. The zero-order chi connectivity index (χ0) is 24.6. The van der Waals surface area contributed by atoms with Gasteiger partial charge in [0.2, 0.25) is 0 Å². The molecule has 2 heterocycles. The van der Waals surface area contributed by atoms with Gasteiger partial charge in [-0.15, -0.1) is 0 Å². The molecule has 0 aliphatic carbocycles. The average Bonchev–Trinajstić information content (AvgIpc) is 3.32. The number of anilines is 1. The van der Waals surface area contributed by atoms with E-state index in [9.17, 15) is 14.9 Å². The molecule has 1 aromatic heterocycles. The Morgan fingerprint density at radius 2 is 1.85 bits per heavy atom. The second kappa shape index (κ2) is 9.32. The fraction of sp³-hybridized carbons (Fsp3) is 0.130. The quantitative estimate of drug-likeness (QED) is 0.438. The van der Waals surface area contributed by atoms with Crippen LogP contribution in [0.3, 0.4) is 0 Å². The summed E-state index contributed by atoms with van der Waals surface area (Å²) in [6.07, 6.45) is 1.52. The summed E-state index contributed by atoms with van der Waals surface area (Å²) in [5, 5.41) is 10.1. The summed E-state index contributed by atoms with van der Waals surface area (Å²) >= 11 is 7.06. The lowest BCUT2D eigenvalue weighted by molar-refractivity contribution is -0.139. The van der Waals surface area contributed by atoms with Gasteiger partial charge in [0.15, 0.2) is 0 Å². The van der Waals surface area contributed by atoms with Crippen LogP contribution in [0.15, 0.2) is 74.3 Å². The summed E-state index contributed by atoms with van der Waals surface area (Å²) in [5.74, 6) is -2.62. The van der Waals surface area contributed by atoms with Crippen molar-refractivity contribution in [2.75, 3.05) is 19.1 Å². The number of aromatic nitrogens is 2. The van der Waals surface area contributed by atoms with Crippen LogP contribution in [-0.4, -0.2) is 36.1 Å². The highest BCUT2D eigenvalue weighted by atomic mass is 79.9. The van der Waals surface area contributed by atoms with Crippen LogP contribution in [0.1, 0.15) is 11.5 Å². The highest BCUT2D eigenvalue weighted by Gasteiger charge is 2.44. The number of benzene rings is 2. The molecule has 11 heteroatoms. The first-order chi connectivity index (χ1) is 16.3. The van der Waals surface area contributed by atoms with Crippen molar-refractivity contribution in [2.24, 2.45) is 5.73 Å². The predicted molar refractivity (Wildman–Crippen MR) is 131 cm³/mol. The van der Waals surface area contributed by atoms with Crippen molar-refractivity contribution in [3.05, 3.63) is 79.9 Å². The summed E-state index contributed by atoms with van der Waals surface area (Å²) in [6.45, 7) is 0. The number of nitrogens with zero attached hydrogens (tertiary/aromatic N) is 3. The van der Waals surface area contributed by atoms with Gasteiger partial charge in [0.25, 0.3) is 0 Å². The maximum Gasteiger partial charge on any atom is 0.355 e. The van der Waals surface area contributed by atoms with Crippen LogP contribution < -0.4 is 10.6 Å². The van der Waals surface area contributed by atoms with Crippen LogP contribution in [0.4, 0.5) is 5.69 Å². The molecule has 34 heavy (non-hydrogen) atoms. The largest absolute Gasteiger partial charge is 0.466 e. The Hall–Kier alpha value is -3.62. The molecule has 4 rings (SSSR count). The van der Waals surface area contributed by atoms with Gasteiger partial charge in [0.1, 0.15) is 17.0 Å². The average molecular weight is 587 g/mol. The zero-order valence-electron chi connectivity index (χ0n) is 17.9. The molecule has 0 radical (unpaired) electrons. The number of esters is 2. The number of hydrogen-bond donors (Lipinski definition) is 2. The third-order valence-corrected chi connectivity index (χ3v) is 6.77. The molecule has 1 aliphatic rings. The SMILES string of the molecule is COC(=O)C1=C(C(=O)OC)N(c2c(Br)cc3[nH]cnc3c2Br)C(N)=C(C#N)C1c1ccccc1. The molecule has 0 fully saturated rings. The van der Waals surface area contributed by atoms with Crippen molar-refractivity contribution in [1.29, 1.82) is 5.26 Å². The molecule has 0 saturated carbocycles. The number of carbonyl (C=O) groups excluding carboxylic acids is 2. The predicted octanol–water partition coefficient (Wildman–Crippen LogP) is 3.99. The molecular formula is C23H17Br2N5O4. The van der Waals surface area contributed by atoms with Crippen molar-refractivity contribution < 1.29 is 19.1 Å². The number of H-pyrrole nitrogens is 1. The van der Waals surface area contributed by atoms with E-state index in [2.05, 4.69) is 47.9 Å². The van der Waals surface area contributed by atoms with Gasteiger partial charge in [-0.05, 0) is 43.5 Å². The van der Waals surface area contributed by atoms with E-state index in [1.54, 1.807) is 36.4 Å². The molecule has 1 unspecified atom stereocenters. The van der Waals surface area contributed by atoms with Gasteiger partial charge in [0.05, 0.1) is 59.4 Å². The van der Waals surface area contributed by atoms with Gasteiger partial charge in [0, 0.05) is 4.47 Å². The number of carbonyl (C=O) groups is 2. The second-order valence-corrected chi connectivity index (χ2v) is 8.80. The Morgan fingerprint density at radius 3 is 2.47 bits per heavy atom. The van der Waals surface area contributed by atoms with Crippen molar-refractivity contribution in [3.63, 3.8) is 0 Å². The van der Waals surface area contributed by atoms with Gasteiger partial charge in [-0.2, -0.15) is 5.26 Å². The van der Waals surface area contributed by atoms with Gasteiger partial charge in [-0.25, -0.2) is 14.6 Å². The summed E-state index contributed by atoms with van der Waals surface area (Å²) in [4.78, 5) is 35.0. The number of rotatable bonds is 4. The number of methoxy groups -OCH3 is 2. The van der Waals surface area contributed by atoms with Crippen LogP contribution in [-0.2, 0) is 19.1 Å². The van der Waals surface area contributed by atoms with Crippen molar-refractivity contribution in [3.8, 4) is 6.07 Å². The molecule has 1 aliphatic heterocycles. The lowest BCUT2D eigenvalue weighted by atomic mass is 9.81. The molecule has 1 atom stereocenters. The van der Waals surface area contributed by atoms with Gasteiger partial charge in [-0.3, -0.25) is 4.90 Å². The minimum absolute atomic E-state index is 0.0410.